The van der Waals surface area contributed by atoms with E-state index in [1.165, 1.54) is 6.07 Å². The third-order valence-corrected chi connectivity index (χ3v) is 3.65. The van der Waals surface area contributed by atoms with Gasteiger partial charge in [-0.05, 0) is 43.7 Å². The molecule has 1 aromatic rings. The van der Waals surface area contributed by atoms with Crippen LogP contribution in [0.2, 0.25) is 0 Å². The standard InChI is InChI=1S/C13H19N3O3/c14-11-2-1-3-12(13(11)16(18)19)15-8-9-4-6-10(17)7-5-9/h1-3,9-10,15,17H,4-8,14H2. The van der Waals surface area contributed by atoms with Crippen LogP contribution in [0.4, 0.5) is 17.1 Å². The summed E-state index contributed by atoms with van der Waals surface area (Å²) in [5, 5.41) is 23.5. The molecule has 2 rings (SSSR count). The third-order valence-electron chi connectivity index (χ3n) is 3.65. The Balaban J connectivity index is 2.00. The van der Waals surface area contributed by atoms with Gasteiger partial charge in [0.05, 0.1) is 11.0 Å². The first-order chi connectivity index (χ1) is 9.08. The fourth-order valence-corrected chi connectivity index (χ4v) is 2.51. The third kappa shape index (κ3) is 3.35. The largest absolute Gasteiger partial charge is 0.393 e. The molecule has 0 saturated heterocycles. The van der Waals surface area contributed by atoms with Crippen LogP contribution in [-0.4, -0.2) is 22.7 Å². The zero-order chi connectivity index (χ0) is 13.8. The van der Waals surface area contributed by atoms with Crippen molar-refractivity contribution in [3.8, 4) is 0 Å². The minimum atomic E-state index is -0.456. The molecule has 1 aliphatic carbocycles. The molecule has 1 aromatic carbocycles. The minimum Gasteiger partial charge on any atom is -0.393 e. The Hall–Kier alpha value is -1.82. The molecule has 0 bridgehead atoms. The van der Waals surface area contributed by atoms with Crippen LogP contribution in [0.1, 0.15) is 25.7 Å². The SMILES string of the molecule is Nc1cccc(NCC2CCC(O)CC2)c1[N+](=O)[O-]. The van der Waals surface area contributed by atoms with Crippen molar-refractivity contribution in [3.05, 3.63) is 28.3 Å². The summed E-state index contributed by atoms with van der Waals surface area (Å²) in [6.45, 7) is 0.678. The number of nitrogens with two attached hydrogens (primary N) is 1. The van der Waals surface area contributed by atoms with Crippen LogP contribution in [0.25, 0.3) is 0 Å². The number of aliphatic hydroxyl groups is 1. The molecule has 0 amide bonds. The molecule has 0 atom stereocenters. The van der Waals surface area contributed by atoms with E-state index in [-0.39, 0.29) is 17.5 Å². The molecule has 0 aromatic heterocycles. The molecule has 1 saturated carbocycles. The number of anilines is 2. The zero-order valence-corrected chi connectivity index (χ0v) is 10.7. The second-order valence-corrected chi connectivity index (χ2v) is 5.06. The average Bonchev–Trinajstić information content (AvgIpc) is 2.37. The lowest BCUT2D eigenvalue weighted by Crippen LogP contribution is -2.23. The highest BCUT2D eigenvalue weighted by Crippen LogP contribution is 2.31. The molecular formula is C13H19N3O3. The van der Waals surface area contributed by atoms with Gasteiger partial charge in [0.2, 0.25) is 0 Å². The monoisotopic (exact) mass is 265 g/mol. The molecule has 6 nitrogen and oxygen atoms in total. The predicted octanol–water partition coefficient (Wildman–Crippen LogP) is 2.14. The number of nitro benzene ring substituents is 1. The van der Waals surface area contributed by atoms with E-state index in [2.05, 4.69) is 5.32 Å². The van der Waals surface area contributed by atoms with Gasteiger partial charge in [0.15, 0.2) is 0 Å². The normalized spacial score (nSPS) is 23.0. The molecule has 0 unspecified atom stereocenters. The van der Waals surface area contributed by atoms with Gasteiger partial charge in [-0.25, -0.2) is 0 Å². The maximum atomic E-state index is 11.0. The van der Waals surface area contributed by atoms with Gasteiger partial charge < -0.3 is 16.2 Å². The van der Waals surface area contributed by atoms with Crippen LogP contribution in [0.15, 0.2) is 18.2 Å². The lowest BCUT2D eigenvalue weighted by molar-refractivity contribution is -0.383. The van der Waals surface area contributed by atoms with E-state index in [1.54, 1.807) is 12.1 Å². The van der Waals surface area contributed by atoms with Crippen molar-refractivity contribution in [1.82, 2.24) is 0 Å². The number of para-hydroxylation sites is 1. The molecule has 6 heteroatoms. The van der Waals surface area contributed by atoms with Crippen molar-refractivity contribution in [2.45, 2.75) is 31.8 Å². The van der Waals surface area contributed by atoms with Crippen LogP contribution in [0.5, 0.6) is 0 Å². The van der Waals surface area contributed by atoms with Crippen LogP contribution in [0, 0.1) is 16.0 Å². The van der Waals surface area contributed by atoms with Crippen LogP contribution >= 0.6 is 0 Å². The van der Waals surface area contributed by atoms with E-state index < -0.39 is 4.92 Å². The Morgan fingerprint density at radius 1 is 1.37 bits per heavy atom. The van der Waals surface area contributed by atoms with E-state index in [4.69, 9.17) is 5.73 Å². The van der Waals surface area contributed by atoms with Gasteiger partial charge in [-0.2, -0.15) is 0 Å². The maximum absolute atomic E-state index is 11.0. The highest BCUT2D eigenvalue weighted by atomic mass is 16.6. The molecule has 0 spiro atoms. The molecule has 0 aliphatic heterocycles. The molecule has 4 N–H and O–H groups in total. The Kier molecular flexibility index (Phi) is 4.21. The first kappa shape index (κ1) is 13.6. The average molecular weight is 265 g/mol. The number of hydrogen-bond donors (Lipinski definition) is 3. The molecule has 0 heterocycles. The minimum absolute atomic E-state index is 0.0571. The summed E-state index contributed by atoms with van der Waals surface area (Å²) >= 11 is 0. The molecular weight excluding hydrogens is 246 g/mol. The highest BCUT2D eigenvalue weighted by molar-refractivity contribution is 5.74. The fraction of sp³-hybridized carbons (Fsp3) is 0.538. The number of hydrogen-bond acceptors (Lipinski definition) is 5. The molecule has 104 valence electrons. The summed E-state index contributed by atoms with van der Waals surface area (Å²) in [5.74, 6) is 0.449. The first-order valence-corrected chi connectivity index (χ1v) is 6.52. The lowest BCUT2D eigenvalue weighted by Gasteiger charge is -2.25. The van der Waals surface area contributed by atoms with Gasteiger partial charge in [-0.3, -0.25) is 10.1 Å². The van der Waals surface area contributed by atoms with E-state index in [0.717, 1.165) is 25.7 Å². The lowest BCUT2D eigenvalue weighted by atomic mass is 9.87. The van der Waals surface area contributed by atoms with E-state index in [9.17, 15) is 15.2 Å². The van der Waals surface area contributed by atoms with E-state index >= 15 is 0 Å². The quantitative estimate of drug-likeness (QED) is 0.440. The van der Waals surface area contributed by atoms with Gasteiger partial charge in [0.25, 0.3) is 0 Å². The molecule has 0 radical (unpaired) electrons. The Bertz CT molecular complexity index is 456. The number of nitrogens with one attached hydrogen (secondary N) is 1. The smallest absolute Gasteiger partial charge is 0.314 e. The fourth-order valence-electron chi connectivity index (χ4n) is 2.51. The summed E-state index contributed by atoms with van der Waals surface area (Å²) in [5.41, 5.74) is 6.22. The van der Waals surface area contributed by atoms with Gasteiger partial charge in [-0.1, -0.05) is 6.07 Å². The second kappa shape index (κ2) is 5.88. The number of nitrogens with zero attached hydrogens (tertiary/aromatic N) is 1. The van der Waals surface area contributed by atoms with Crippen molar-refractivity contribution < 1.29 is 10.0 Å². The number of benzene rings is 1. The van der Waals surface area contributed by atoms with E-state index in [1.807, 2.05) is 0 Å². The van der Waals surface area contributed by atoms with Crippen molar-refractivity contribution in [3.63, 3.8) is 0 Å². The number of aliphatic hydroxyl groups excluding tert-OH is 1. The zero-order valence-electron chi connectivity index (χ0n) is 10.7. The molecule has 1 fully saturated rings. The van der Waals surface area contributed by atoms with Crippen LogP contribution < -0.4 is 11.1 Å². The molecule has 1 aliphatic rings. The van der Waals surface area contributed by atoms with Crippen molar-refractivity contribution >= 4 is 17.1 Å². The number of rotatable bonds is 4. The van der Waals surface area contributed by atoms with Gasteiger partial charge in [0, 0.05) is 6.54 Å². The Morgan fingerprint density at radius 3 is 2.68 bits per heavy atom. The summed E-state index contributed by atoms with van der Waals surface area (Å²) in [6.07, 6.45) is 3.34. The second-order valence-electron chi connectivity index (χ2n) is 5.06. The summed E-state index contributed by atoms with van der Waals surface area (Å²) < 4.78 is 0. The van der Waals surface area contributed by atoms with E-state index in [0.29, 0.717) is 18.2 Å². The van der Waals surface area contributed by atoms with Gasteiger partial charge in [0.1, 0.15) is 11.4 Å². The van der Waals surface area contributed by atoms with Crippen molar-refractivity contribution in [1.29, 1.82) is 0 Å². The summed E-state index contributed by atoms with van der Waals surface area (Å²) in [6, 6.07) is 4.90. The predicted molar refractivity (Wildman–Crippen MR) is 74.0 cm³/mol. The Labute approximate surface area is 111 Å². The summed E-state index contributed by atoms with van der Waals surface area (Å²) in [4.78, 5) is 10.5. The van der Waals surface area contributed by atoms with Crippen molar-refractivity contribution in [2.75, 3.05) is 17.6 Å². The summed E-state index contributed by atoms with van der Waals surface area (Å²) in [7, 11) is 0. The highest BCUT2D eigenvalue weighted by Gasteiger charge is 2.21. The van der Waals surface area contributed by atoms with Crippen LogP contribution in [-0.2, 0) is 0 Å². The van der Waals surface area contributed by atoms with Gasteiger partial charge >= 0.3 is 5.69 Å². The Morgan fingerprint density at radius 2 is 2.05 bits per heavy atom. The topological polar surface area (TPSA) is 101 Å². The number of nitrogen functional groups attached to an aromatic ring is 1. The molecule has 19 heavy (non-hydrogen) atoms. The van der Waals surface area contributed by atoms with Crippen LogP contribution in [0.3, 0.4) is 0 Å². The van der Waals surface area contributed by atoms with Gasteiger partial charge in [-0.15, -0.1) is 0 Å². The van der Waals surface area contributed by atoms with Crippen molar-refractivity contribution in [2.24, 2.45) is 5.92 Å². The first-order valence-electron chi connectivity index (χ1n) is 6.52. The maximum Gasteiger partial charge on any atom is 0.314 e. The number of nitro groups is 1.